The van der Waals surface area contributed by atoms with E-state index in [2.05, 4.69) is 30.2 Å². The van der Waals surface area contributed by atoms with Crippen LogP contribution in [0.5, 0.6) is 0 Å². The summed E-state index contributed by atoms with van der Waals surface area (Å²) in [6.07, 6.45) is 3.14. The van der Waals surface area contributed by atoms with E-state index >= 15 is 0 Å². The average Bonchev–Trinajstić information content (AvgIpc) is 3.10. The van der Waals surface area contributed by atoms with Gasteiger partial charge in [-0.25, -0.2) is 0 Å². The van der Waals surface area contributed by atoms with Crippen molar-refractivity contribution in [3.05, 3.63) is 62.9 Å². The topological polar surface area (TPSA) is 149 Å². The molecule has 0 aliphatic heterocycles. The smallest absolute Gasteiger partial charge is 0.253 e. The van der Waals surface area contributed by atoms with Gasteiger partial charge in [-0.2, -0.15) is 0 Å². The van der Waals surface area contributed by atoms with Crippen molar-refractivity contribution in [3.63, 3.8) is 0 Å². The van der Waals surface area contributed by atoms with Gasteiger partial charge < -0.3 is 9.47 Å². The number of carbonyl (C=O) groups is 1. The second kappa shape index (κ2) is 8.18. The van der Waals surface area contributed by atoms with Crippen LogP contribution in [0.25, 0.3) is 20.9 Å². The number of hydrogen-bond acceptors (Lipinski definition) is 5. The Labute approximate surface area is 136 Å². The van der Waals surface area contributed by atoms with Crippen molar-refractivity contribution in [3.8, 4) is 0 Å². The molecule has 0 atom stereocenters. The number of amides is 1. The quantitative estimate of drug-likeness (QED) is 0.437. The molecule has 1 aromatic heterocycles. The lowest BCUT2D eigenvalue weighted by Gasteiger charge is -2.18. The van der Waals surface area contributed by atoms with Crippen LogP contribution in [-0.4, -0.2) is 39.2 Å². The first-order chi connectivity index (χ1) is 11.6. The number of nitrogens with zero attached hydrogens (tertiary/aromatic N) is 10. The van der Waals surface area contributed by atoms with Gasteiger partial charge in [0.1, 0.15) is 12.7 Å². The van der Waals surface area contributed by atoms with Gasteiger partial charge in [-0.05, 0) is 34.8 Å². The molecule has 0 saturated carbocycles. The van der Waals surface area contributed by atoms with E-state index in [1.807, 2.05) is 0 Å². The number of rotatable bonds is 7. The average molecular weight is 326 g/mol. The molecule has 0 spiro atoms. The molecule has 24 heavy (non-hydrogen) atoms. The lowest BCUT2D eigenvalue weighted by molar-refractivity contribution is 0.0790. The predicted molar refractivity (Wildman–Crippen MR) is 85.1 cm³/mol. The molecule has 122 valence electrons. The fourth-order valence-electron chi connectivity index (χ4n) is 2.04. The maximum absolute atomic E-state index is 12.5. The highest BCUT2D eigenvalue weighted by molar-refractivity contribution is 5.95. The summed E-state index contributed by atoms with van der Waals surface area (Å²) in [5.41, 5.74) is 18.2. The van der Waals surface area contributed by atoms with Crippen LogP contribution in [0.15, 0.2) is 41.1 Å². The summed E-state index contributed by atoms with van der Waals surface area (Å²) in [4.78, 5) is 19.5. The highest BCUT2D eigenvalue weighted by Crippen LogP contribution is 2.20. The molecule has 0 bridgehead atoms. The highest BCUT2D eigenvalue weighted by atomic mass is 16.2. The molecular weight excluding hydrogens is 312 g/mol. The Morgan fingerprint density at radius 1 is 1.25 bits per heavy atom. The zero-order valence-corrected chi connectivity index (χ0v) is 12.9. The molecule has 1 heterocycles. The van der Waals surface area contributed by atoms with Crippen LogP contribution in [0.1, 0.15) is 15.9 Å². The minimum Gasteiger partial charge on any atom is -0.340 e. The van der Waals surface area contributed by atoms with Gasteiger partial charge in [0.15, 0.2) is 0 Å². The molecule has 0 N–H and O–H groups in total. The number of carbonyl (C=O) groups excluding carboxylic acids is 1. The first-order valence-corrected chi connectivity index (χ1v) is 6.92. The Balaban J connectivity index is 2.17. The van der Waals surface area contributed by atoms with Crippen LogP contribution in [0, 0.1) is 0 Å². The zero-order valence-electron chi connectivity index (χ0n) is 12.9. The molecule has 0 saturated heterocycles. The van der Waals surface area contributed by atoms with Crippen molar-refractivity contribution in [1.82, 2.24) is 19.7 Å². The maximum Gasteiger partial charge on any atom is 0.253 e. The Bertz CT molecular complexity index is 802. The molecule has 1 aromatic carbocycles. The van der Waals surface area contributed by atoms with Crippen molar-refractivity contribution in [1.29, 1.82) is 0 Å². The van der Waals surface area contributed by atoms with E-state index in [0.717, 1.165) is 0 Å². The summed E-state index contributed by atoms with van der Waals surface area (Å²) in [7, 11) is 1.67. The van der Waals surface area contributed by atoms with E-state index < -0.39 is 0 Å². The fraction of sp³-hybridized carbons (Fsp3) is 0.308. The second-order valence-corrected chi connectivity index (χ2v) is 4.89. The first kappa shape index (κ1) is 16.8. The lowest BCUT2D eigenvalue weighted by atomic mass is 10.1. The SMILES string of the molecule is CN(CCn1cnnc1)C(=O)c1cc(CN=[N+]=[N-])cc(N=[N+]=[N-])c1. The fourth-order valence-corrected chi connectivity index (χ4v) is 2.04. The third-order valence-electron chi connectivity index (χ3n) is 3.21. The van der Waals surface area contributed by atoms with E-state index in [9.17, 15) is 4.79 Å². The van der Waals surface area contributed by atoms with Crippen LogP contribution in [0.3, 0.4) is 0 Å². The number of azide groups is 2. The minimum absolute atomic E-state index is 0.0655. The standard InChI is InChI=1S/C13H14N10O/c1-22(2-3-23-8-17-18-9-23)13(24)11-4-10(7-16-20-14)5-12(6-11)19-21-15/h4-6,8-9H,2-3,7H2,1H3. The van der Waals surface area contributed by atoms with E-state index in [1.165, 1.54) is 11.0 Å². The molecule has 1 amide bonds. The summed E-state index contributed by atoms with van der Waals surface area (Å²) in [5, 5.41) is 14.4. The third kappa shape index (κ3) is 4.47. The predicted octanol–water partition coefficient (Wildman–Crippen LogP) is 2.80. The van der Waals surface area contributed by atoms with Gasteiger partial charge in [0.25, 0.3) is 5.91 Å². The molecule has 0 fully saturated rings. The lowest BCUT2D eigenvalue weighted by Crippen LogP contribution is -2.30. The molecule has 0 aliphatic rings. The van der Waals surface area contributed by atoms with Gasteiger partial charge in [-0.3, -0.25) is 4.79 Å². The number of hydrogen-bond donors (Lipinski definition) is 0. The van der Waals surface area contributed by atoms with E-state index in [4.69, 9.17) is 11.1 Å². The molecule has 0 radical (unpaired) electrons. The van der Waals surface area contributed by atoms with Crippen LogP contribution in [0.2, 0.25) is 0 Å². The normalized spacial score (nSPS) is 9.71. The van der Waals surface area contributed by atoms with Gasteiger partial charge >= 0.3 is 0 Å². The Hall–Kier alpha value is -3.55. The van der Waals surface area contributed by atoms with Gasteiger partial charge in [-0.15, -0.1) is 10.2 Å². The van der Waals surface area contributed by atoms with Gasteiger partial charge in [-0.1, -0.05) is 10.2 Å². The van der Waals surface area contributed by atoms with Gasteiger partial charge in [0.2, 0.25) is 0 Å². The molecule has 0 unspecified atom stereocenters. The first-order valence-electron chi connectivity index (χ1n) is 6.92. The zero-order chi connectivity index (χ0) is 17.4. The largest absolute Gasteiger partial charge is 0.340 e. The summed E-state index contributed by atoms with van der Waals surface area (Å²) in [5.74, 6) is -0.236. The highest BCUT2D eigenvalue weighted by Gasteiger charge is 2.13. The maximum atomic E-state index is 12.5. The number of likely N-dealkylation sites (N-methyl/N-ethyl adjacent to an activating group) is 1. The summed E-state index contributed by atoms with van der Waals surface area (Å²) >= 11 is 0. The van der Waals surface area contributed by atoms with Crippen molar-refractivity contribution in [2.75, 3.05) is 13.6 Å². The monoisotopic (exact) mass is 326 g/mol. The van der Waals surface area contributed by atoms with E-state index in [0.29, 0.717) is 29.9 Å². The van der Waals surface area contributed by atoms with Crippen molar-refractivity contribution >= 4 is 11.6 Å². The Morgan fingerprint density at radius 2 is 2.00 bits per heavy atom. The van der Waals surface area contributed by atoms with Crippen LogP contribution in [0.4, 0.5) is 5.69 Å². The molecule has 11 nitrogen and oxygen atoms in total. The van der Waals surface area contributed by atoms with E-state index in [1.54, 1.807) is 36.4 Å². The Morgan fingerprint density at radius 3 is 2.67 bits per heavy atom. The van der Waals surface area contributed by atoms with Crippen LogP contribution < -0.4 is 0 Å². The van der Waals surface area contributed by atoms with Crippen LogP contribution >= 0.6 is 0 Å². The van der Waals surface area contributed by atoms with Crippen LogP contribution in [-0.2, 0) is 13.1 Å². The molecule has 2 rings (SSSR count). The van der Waals surface area contributed by atoms with Crippen molar-refractivity contribution < 1.29 is 4.79 Å². The summed E-state index contributed by atoms with van der Waals surface area (Å²) in [6, 6.07) is 4.68. The van der Waals surface area contributed by atoms with E-state index in [-0.39, 0.29) is 12.5 Å². The molecule has 11 heteroatoms. The summed E-state index contributed by atoms with van der Waals surface area (Å²) < 4.78 is 1.76. The van der Waals surface area contributed by atoms with Crippen molar-refractivity contribution in [2.24, 2.45) is 10.2 Å². The minimum atomic E-state index is -0.236. The second-order valence-electron chi connectivity index (χ2n) is 4.89. The van der Waals surface area contributed by atoms with Crippen molar-refractivity contribution in [2.45, 2.75) is 13.1 Å². The molecule has 0 aliphatic carbocycles. The number of benzene rings is 1. The van der Waals surface area contributed by atoms with Gasteiger partial charge in [0.05, 0.1) is 6.54 Å². The summed E-state index contributed by atoms with van der Waals surface area (Å²) in [6.45, 7) is 1.07. The Kier molecular flexibility index (Phi) is 5.73. The molecular formula is C13H14N10O. The number of aromatic nitrogens is 3. The van der Waals surface area contributed by atoms with Gasteiger partial charge in [0, 0.05) is 41.2 Å². The molecule has 2 aromatic rings. The third-order valence-corrected chi connectivity index (χ3v) is 3.21.